The Morgan fingerprint density at radius 3 is 2.30 bits per heavy atom. The van der Waals surface area contributed by atoms with Crippen LogP contribution < -0.4 is 5.32 Å². The van der Waals surface area contributed by atoms with Gasteiger partial charge in [-0.25, -0.2) is 12.7 Å². The molecule has 8 nitrogen and oxygen atoms in total. The molecule has 3 amide bonds. The molecule has 0 bridgehead atoms. The van der Waals surface area contributed by atoms with Crippen molar-refractivity contribution in [2.45, 2.75) is 55.6 Å². The first-order valence-corrected chi connectivity index (χ1v) is 15.1. The van der Waals surface area contributed by atoms with Crippen LogP contribution in [0.2, 0.25) is 5.02 Å². The van der Waals surface area contributed by atoms with E-state index < -0.39 is 34.4 Å². The molecule has 0 spiro atoms. The quantitative estimate of drug-likeness (QED) is 0.409. The second kappa shape index (κ2) is 11.8. The minimum absolute atomic E-state index is 0.0121. The average Bonchev–Trinajstić information content (AvgIpc) is 3.53. The number of hydrogen-bond donors (Lipinski definition) is 1. The zero-order valence-corrected chi connectivity index (χ0v) is 23.4. The van der Waals surface area contributed by atoms with E-state index in [9.17, 15) is 22.8 Å². The lowest BCUT2D eigenvalue weighted by atomic mass is 10.0. The third kappa shape index (κ3) is 5.76. The van der Waals surface area contributed by atoms with E-state index in [0.717, 1.165) is 31.2 Å². The summed E-state index contributed by atoms with van der Waals surface area (Å²) >= 11 is 6.46. The van der Waals surface area contributed by atoms with E-state index in [4.69, 9.17) is 11.6 Å². The third-order valence-electron chi connectivity index (χ3n) is 7.46. The second-order valence-electron chi connectivity index (χ2n) is 10.1. The van der Waals surface area contributed by atoms with E-state index in [1.165, 1.54) is 23.1 Å². The van der Waals surface area contributed by atoms with Gasteiger partial charge in [-0.1, -0.05) is 85.1 Å². The number of amides is 3. The molecular weight excluding hydrogens is 550 g/mol. The Morgan fingerprint density at radius 1 is 0.950 bits per heavy atom. The van der Waals surface area contributed by atoms with Crippen LogP contribution in [0, 0.1) is 0 Å². The van der Waals surface area contributed by atoms with E-state index in [1.807, 2.05) is 30.3 Å². The molecule has 208 valence electrons. The van der Waals surface area contributed by atoms with Crippen molar-refractivity contribution in [2.24, 2.45) is 0 Å². The highest BCUT2D eigenvalue weighted by atomic mass is 35.5. The Hall–Kier alpha value is -3.69. The minimum atomic E-state index is -4.22. The van der Waals surface area contributed by atoms with E-state index in [1.54, 1.807) is 30.3 Å². The third-order valence-corrected chi connectivity index (χ3v) is 9.62. The second-order valence-corrected chi connectivity index (χ2v) is 12.4. The summed E-state index contributed by atoms with van der Waals surface area (Å²) in [6.45, 7) is -0.772. The van der Waals surface area contributed by atoms with Crippen LogP contribution in [0.5, 0.6) is 0 Å². The number of nitrogens with zero attached hydrogens (tertiary/aromatic N) is 2. The first kappa shape index (κ1) is 27.9. The van der Waals surface area contributed by atoms with Gasteiger partial charge in [0.2, 0.25) is 11.8 Å². The Labute approximate surface area is 239 Å². The zero-order chi connectivity index (χ0) is 28.3. The van der Waals surface area contributed by atoms with Crippen molar-refractivity contribution in [3.63, 3.8) is 0 Å². The Bertz CT molecular complexity index is 1520. The van der Waals surface area contributed by atoms with Crippen molar-refractivity contribution >= 4 is 39.3 Å². The van der Waals surface area contributed by atoms with Gasteiger partial charge in [-0.2, -0.15) is 0 Å². The molecule has 1 aliphatic carbocycles. The van der Waals surface area contributed by atoms with Gasteiger partial charge in [-0.15, -0.1) is 0 Å². The molecule has 1 atom stereocenters. The SMILES string of the molecule is O=C(NC1CCCC1)C(Cc1ccccc1)N(Cc1ccccc1Cl)C(=O)CN1C(=O)c2ccccc2S1(=O)=O. The Balaban J connectivity index is 1.50. The van der Waals surface area contributed by atoms with Gasteiger partial charge < -0.3 is 10.2 Å². The van der Waals surface area contributed by atoms with Crippen LogP contribution >= 0.6 is 11.6 Å². The van der Waals surface area contributed by atoms with Crippen LogP contribution in [0.1, 0.15) is 47.2 Å². The lowest BCUT2D eigenvalue weighted by Gasteiger charge is -2.33. The maximum atomic E-state index is 14.0. The molecule has 1 aliphatic heterocycles. The van der Waals surface area contributed by atoms with Crippen LogP contribution in [0.4, 0.5) is 0 Å². The fourth-order valence-electron chi connectivity index (χ4n) is 5.33. The molecule has 5 rings (SSSR count). The minimum Gasteiger partial charge on any atom is -0.352 e. The lowest BCUT2D eigenvalue weighted by Crippen LogP contribution is -2.54. The van der Waals surface area contributed by atoms with Crippen molar-refractivity contribution in [2.75, 3.05) is 6.54 Å². The van der Waals surface area contributed by atoms with Gasteiger partial charge in [0.1, 0.15) is 17.5 Å². The predicted octanol–water partition coefficient (Wildman–Crippen LogP) is 4.18. The van der Waals surface area contributed by atoms with Crippen LogP contribution in [0.15, 0.2) is 83.8 Å². The highest BCUT2D eigenvalue weighted by Crippen LogP contribution is 2.30. The molecule has 1 saturated carbocycles. The number of nitrogens with one attached hydrogen (secondary N) is 1. The molecule has 3 aromatic carbocycles. The molecule has 1 N–H and O–H groups in total. The first-order valence-electron chi connectivity index (χ1n) is 13.3. The molecule has 0 saturated heterocycles. The van der Waals surface area contributed by atoms with Gasteiger partial charge in [-0.3, -0.25) is 14.4 Å². The maximum Gasteiger partial charge on any atom is 0.269 e. The first-order chi connectivity index (χ1) is 19.3. The van der Waals surface area contributed by atoms with Gasteiger partial charge in [0.15, 0.2) is 0 Å². The molecule has 10 heteroatoms. The normalized spacial score (nSPS) is 16.9. The zero-order valence-electron chi connectivity index (χ0n) is 21.8. The standard InChI is InChI=1S/C30H30ClN3O5S/c31-25-16-8-4-12-22(25)19-33(28(35)20-34-30(37)24-15-7-9-17-27(24)40(34,38)39)26(18-21-10-2-1-3-11-21)29(36)32-23-13-5-6-14-23/h1-4,7-12,15-17,23,26H,5-6,13-14,18-20H2,(H,32,36). The number of fused-ring (bicyclic) bond motifs is 1. The van der Waals surface area contributed by atoms with Crippen molar-refractivity contribution in [3.05, 3.63) is 101 Å². The number of carbonyl (C=O) groups is 3. The number of rotatable bonds is 9. The van der Waals surface area contributed by atoms with Crippen molar-refractivity contribution in [1.29, 1.82) is 0 Å². The summed E-state index contributed by atoms with van der Waals surface area (Å²) in [5.74, 6) is -1.76. The predicted molar refractivity (Wildman–Crippen MR) is 151 cm³/mol. The summed E-state index contributed by atoms with van der Waals surface area (Å²) in [6, 6.07) is 21.2. The molecule has 1 fully saturated rings. The molecular formula is C30H30ClN3O5S. The Kier molecular flexibility index (Phi) is 8.23. The summed E-state index contributed by atoms with van der Waals surface area (Å²) in [7, 11) is -4.22. The van der Waals surface area contributed by atoms with Crippen molar-refractivity contribution < 1.29 is 22.8 Å². The van der Waals surface area contributed by atoms with Gasteiger partial charge in [0.05, 0.1) is 5.56 Å². The molecule has 1 heterocycles. The molecule has 3 aromatic rings. The van der Waals surface area contributed by atoms with Crippen LogP contribution in [-0.4, -0.2) is 54.0 Å². The number of sulfonamides is 1. The number of benzene rings is 3. The lowest BCUT2D eigenvalue weighted by molar-refractivity contribution is -0.141. The van der Waals surface area contributed by atoms with E-state index in [2.05, 4.69) is 5.32 Å². The van der Waals surface area contributed by atoms with E-state index >= 15 is 0 Å². The van der Waals surface area contributed by atoms with Gasteiger partial charge in [0, 0.05) is 24.0 Å². The molecule has 40 heavy (non-hydrogen) atoms. The highest BCUT2D eigenvalue weighted by Gasteiger charge is 2.43. The summed E-state index contributed by atoms with van der Waals surface area (Å²) in [4.78, 5) is 42.1. The van der Waals surface area contributed by atoms with E-state index in [-0.39, 0.29) is 35.4 Å². The fraction of sp³-hybridized carbons (Fsp3) is 0.300. The highest BCUT2D eigenvalue weighted by molar-refractivity contribution is 7.90. The summed E-state index contributed by atoms with van der Waals surface area (Å²) < 4.78 is 27.0. The summed E-state index contributed by atoms with van der Waals surface area (Å²) in [5, 5.41) is 3.51. The number of halogens is 1. The smallest absolute Gasteiger partial charge is 0.269 e. The molecule has 2 aliphatic rings. The molecule has 0 aromatic heterocycles. The van der Waals surface area contributed by atoms with Gasteiger partial charge in [0.25, 0.3) is 15.9 Å². The average molecular weight is 580 g/mol. The van der Waals surface area contributed by atoms with Crippen LogP contribution in [0.3, 0.4) is 0 Å². The Morgan fingerprint density at radius 2 is 1.60 bits per heavy atom. The number of carbonyl (C=O) groups excluding carboxylic acids is 3. The van der Waals surface area contributed by atoms with Crippen LogP contribution in [0.25, 0.3) is 0 Å². The summed E-state index contributed by atoms with van der Waals surface area (Å²) in [5.41, 5.74) is 1.46. The van der Waals surface area contributed by atoms with Crippen molar-refractivity contribution in [1.82, 2.24) is 14.5 Å². The van der Waals surface area contributed by atoms with Crippen LogP contribution in [-0.2, 0) is 32.6 Å². The van der Waals surface area contributed by atoms with Gasteiger partial charge >= 0.3 is 0 Å². The van der Waals surface area contributed by atoms with Crippen molar-refractivity contribution in [3.8, 4) is 0 Å². The van der Waals surface area contributed by atoms with Gasteiger partial charge in [-0.05, 0) is 42.2 Å². The molecule has 1 unspecified atom stereocenters. The largest absolute Gasteiger partial charge is 0.352 e. The molecule has 0 radical (unpaired) electrons. The summed E-state index contributed by atoms with van der Waals surface area (Å²) in [6.07, 6.45) is 3.97. The van der Waals surface area contributed by atoms with E-state index in [0.29, 0.717) is 14.9 Å². The monoisotopic (exact) mass is 579 g/mol. The maximum absolute atomic E-state index is 14.0. The fourth-order valence-corrected chi connectivity index (χ4v) is 7.05. The topological polar surface area (TPSA) is 104 Å². The number of hydrogen-bond acceptors (Lipinski definition) is 5.